The van der Waals surface area contributed by atoms with E-state index in [1.165, 1.54) is 5.56 Å². The van der Waals surface area contributed by atoms with E-state index in [4.69, 9.17) is 14.2 Å². The molecule has 0 aliphatic carbocycles. The van der Waals surface area contributed by atoms with Gasteiger partial charge in [0.25, 0.3) is 0 Å². The fourth-order valence-electron chi connectivity index (χ4n) is 2.32. The Labute approximate surface area is 115 Å². The second kappa shape index (κ2) is 6.78. The molecule has 0 fully saturated rings. The molecule has 0 saturated carbocycles. The van der Waals surface area contributed by atoms with Gasteiger partial charge in [0.1, 0.15) is 17.6 Å². The Kier molecular flexibility index (Phi) is 5.05. The quantitative estimate of drug-likeness (QED) is 0.767. The van der Waals surface area contributed by atoms with E-state index >= 15 is 0 Å². The molecule has 4 heteroatoms. The van der Waals surface area contributed by atoms with Crippen LogP contribution in [-0.2, 0) is 17.7 Å². The number of nitrogens with one attached hydrogen (secondary N) is 1. The van der Waals surface area contributed by atoms with Gasteiger partial charge in [-0.15, -0.1) is 0 Å². The minimum absolute atomic E-state index is 0.265. The number of ether oxygens (including phenoxy) is 3. The molecule has 1 aromatic rings. The average molecular weight is 265 g/mol. The first-order valence-electron chi connectivity index (χ1n) is 6.89. The van der Waals surface area contributed by atoms with E-state index < -0.39 is 0 Å². The smallest absolute Gasteiger partial charge is 0.123 e. The molecule has 4 nitrogen and oxygen atoms in total. The molecule has 2 rings (SSSR count). The van der Waals surface area contributed by atoms with E-state index in [-0.39, 0.29) is 6.10 Å². The predicted molar refractivity (Wildman–Crippen MR) is 75.0 cm³/mol. The molecule has 106 valence electrons. The van der Waals surface area contributed by atoms with Crippen LogP contribution in [-0.4, -0.2) is 33.0 Å². The van der Waals surface area contributed by atoms with E-state index in [9.17, 15) is 0 Å². The van der Waals surface area contributed by atoms with Crippen LogP contribution in [0.1, 0.15) is 25.0 Å². The topological polar surface area (TPSA) is 39.7 Å². The zero-order valence-corrected chi connectivity index (χ0v) is 12.0. The highest BCUT2D eigenvalue weighted by Gasteiger charge is 2.21. The number of fused-ring (bicyclic) bond motifs is 1. The van der Waals surface area contributed by atoms with Gasteiger partial charge in [-0.2, -0.15) is 0 Å². The first-order chi connectivity index (χ1) is 9.24. The summed E-state index contributed by atoms with van der Waals surface area (Å²) in [6, 6.07) is 4.18. The van der Waals surface area contributed by atoms with Gasteiger partial charge in [-0.1, -0.05) is 0 Å². The van der Waals surface area contributed by atoms with Gasteiger partial charge >= 0.3 is 0 Å². The Balaban J connectivity index is 1.98. The van der Waals surface area contributed by atoms with Crippen LogP contribution in [0.4, 0.5) is 0 Å². The van der Waals surface area contributed by atoms with Crippen molar-refractivity contribution in [3.8, 4) is 11.5 Å². The molecule has 1 unspecified atom stereocenters. The van der Waals surface area contributed by atoms with Gasteiger partial charge in [-0.25, -0.2) is 0 Å². The van der Waals surface area contributed by atoms with Gasteiger partial charge in [0.2, 0.25) is 0 Å². The molecule has 0 radical (unpaired) electrons. The van der Waals surface area contributed by atoms with Crippen LogP contribution in [0.5, 0.6) is 11.5 Å². The number of hydrogen-bond donors (Lipinski definition) is 1. The largest absolute Gasteiger partial charge is 0.496 e. The van der Waals surface area contributed by atoms with Crippen molar-refractivity contribution in [3.05, 3.63) is 23.3 Å². The molecule has 0 amide bonds. The van der Waals surface area contributed by atoms with Crippen molar-refractivity contribution in [2.24, 2.45) is 0 Å². The van der Waals surface area contributed by atoms with Crippen molar-refractivity contribution in [2.75, 3.05) is 26.9 Å². The third-order valence-electron chi connectivity index (χ3n) is 3.24. The van der Waals surface area contributed by atoms with E-state index in [2.05, 4.69) is 24.4 Å². The Morgan fingerprint density at radius 2 is 2.26 bits per heavy atom. The van der Waals surface area contributed by atoms with Crippen LogP contribution in [0.3, 0.4) is 0 Å². The van der Waals surface area contributed by atoms with Gasteiger partial charge in [0, 0.05) is 37.2 Å². The SMILES string of the molecule is CCOCCNCc1cc2c(cc1OC)CC(C)O2. The fraction of sp³-hybridized carbons (Fsp3) is 0.600. The highest BCUT2D eigenvalue weighted by molar-refractivity contribution is 5.48. The molecule has 1 atom stereocenters. The minimum atomic E-state index is 0.265. The van der Waals surface area contributed by atoms with E-state index in [1.54, 1.807) is 7.11 Å². The summed E-state index contributed by atoms with van der Waals surface area (Å²) in [6.45, 7) is 7.19. The molecule has 0 aromatic heterocycles. The van der Waals surface area contributed by atoms with Crippen molar-refractivity contribution in [1.82, 2.24) is 5.32 Å². The Bertz CT molecular complexity index is 420. The summed E-state index contributed by atoms with van der Waals surface area (Å²) in [6.07, 6.45) is 1.23. The Morgan fingerprint density at radius 1 is 1.42 bits per heavy atom. The maximum Gasteiger partial charge on any atom is 0.123 e. The lowest BCUT2D eigenvalue weighted by Crippen LogP contribution is -2.19. The molecule has 0 saturated heterocycles. The molecule has 19 heavy (non-hydrogen) atoms. The first kappa shape index (κ1) is 14.2. The van der Waals surface area contributed by atoms with Crippen molar-refractivity contribution in [2.45, 2.75) is 32.9 Å². The number of rotatable bonds is 7. The maximum atomic E-state index is 5.78. The zero-order valence-electron chi connectivity index (χ0n) is 12.0. The van der Waals surface area contributed by atoms with Gasteiger partial charge in [0.05, 0.1) is 13.7 Å². The lowest BCUT2D eigenvalue weighted by Gasteiger charge is -2.12. The van der Waals surface area contributed by atoms with Gasteiger partial charge < -0.3 is 19.5 Å². The summed E-state index contributed by atoms with van der Waals surface area (Å²) in [5.41, 5.74) is 2.37. The van der Waals surface area contributed by atoms with E-state index in [0.717, 1.165) is 49.8 Å². The van der Waals surface area contributed by atoms with Gasteiger partial charge in [-0.05, 0) is 26.0 Å². The van der Waals surface area contributed by atoms with Crippen LogP contribution < -0.4 is 14.8 Å². The van der Waals surface area contributed by atoms with Crippen LogP contribution in [0.25, 0.3) is 0 Å². The van der Waals surface area contributed by atoms with Crippen LogP contribution in [0, 0.1) is 0 Å². The number of methoxy groups -OCH3 is 1. The number of benzene rings is 1. The fourth-order valence-corrected chi connectivity index (χ4v) is 2.32. The van der Waals surface area contributed by atoms with Gasteiger partial charge in [-0.3, -0.25) is 0 Å². The molecule has 1 N–H and O–H groups in total. The molecule has 1 aliphatic heterocycles. The summed E-state index contributed by atoms with van der Waals surface area (Å²) in [4.78, 5) is 0. The molecule has 0 spiro atoms. The zero-order chi connectivity index (χ0) is 13.7. The highest BCUT2D eigenvalue weighted by atomic mass is 16.5. The Hall–Kier alpha value is -1.26. The predicted octanol–water partition coefficient (Wildman–Crippen LogP) is 2.14. The van der Waals surface area contributed by atoms with Crippen molar-refractivity contribution >= 4 is 0 Å². The highest BCUT2D eigenvalue weighted by Crippen LogP contribution is 2.34. The normalized spacial score (nSPS) is 17.1. The third-order valence-corrected chi connectivity index (χ3v) is 3.24. The van der Waals surface area contributed by atoms with Crippen molar-refractivity contribution in [1.29, 1.82) is 0 Å². The first-order valence-corrected chi connectivity index (χ1v) is 6.89. The summed E-state index contributed by atoms with van der Waals surface area (Å²) in [5, 5.41) is 3.35. The average Bonchev–Trinajstić information content (AvgIpc) is 2.76. The second-order valence-electron chi connectivity index (χ2n) is 4.78. The monoisotopic (exact) mass is 265 g/mol. The van der Waals surface area contributed by atoms with Crippen molar-refractivity contribution < 1.29 is 14.2 Å². The van der Waals surface area contributed by atoms with E-state index in [1.807, 2.05) is 6.92 Å². The van der Waals surface area contributed by atoms with Crippen LogP contribution in [0.2, 0.25) is 0 Å². The molecule has 1 aliphatic rings. The molecular weight excluding hydrogens is 242 g/mol. The standard InChI is InChI=1S/C15H23NO3/c1-4-18-6-5-16-10-13-9-15-12(7-11(2)19-15)8-14(13)17-3/h8-9,11,16H,4-7,10H2,1-3H3. The molecule has 1 heterocycles. The maximum absolute atomic E-state index is 5.78. The summed E-state index contributed by atoms with van der Waals surface area (Å²) in [7, 11) is 1.71. The third kappa shape index (κ3) is 3.61. The summed E-state index contributed by atoms with van der Waals surface area (Å²) in [5.74, 6) is 1.93. The van der Waals surface area contributed by atoms with Crippen LogP contribution >= 0.6 is 0 Å². The summed E-state index contributed by atoms with van der Waals surface area (Å²) >= 11 is 0. The lowest BCUT2D eigenvalue weighted by atomic mass is 10.1. The lowest BCUT2D eigenvalue weighted by molar-refractivity contribution is 0.149. The minimum Gasteiger partial charge on any atom is -0.496 e. The Morgan fingerprint density at radius 3 is 3.00 bits per heavy atom. The molecule has 0 bridgehead atoms. The van der Waals surface area contributed by atoms with Crippen molar-refractivity contribution in [3.63, 3.8) is 0 Å². The van der Waals surface area contributed by atoms with Crippen LogP contribution in [0.15, 0.2) is 12.1 Å². The molecule has 1 aromatic carbocycles. The number of hydrogen-bond acceptors (Lipinski definition) is 4. The van der Waals surface area contributed by atoms with E-state index in [0.29, 0.717) is 0 Å². The van der Waals surface area contributed by atoms with Gasteiger partial charge in [0.15, 0.2) is 0 Å². The summed E-state index contributed by atoms with van der Waals surface area (Å²) < 4.78 is 16.5. The second-order valence-corrected chi connectivity index (χ2v) is 4.78. The molecular formula is C15H23NO3.